The lowest BCUT2D eigenvalue weighted by molar-refractivity contribution is -0.123. The average molecular weight is 446 g/mol. The highest BCUT2D eigenvalue weighted by Gasteiger charge is 2.27. The number of aromatic nitrogens is 1. The molecule has 1 heterocycles. The van der Waals surface area contributed by atoms with Gasteiger partial charge in [-0.2, -0.15) is 4.72 Å². The Morgan fingerprint density at radius 1 is 1.13 bits per heavy atom. The molecule has 0 saturated carbocycles. The SMILES string of the molecule is Cc1ccc(CNC(=O)[C@@H](CC(C)C)NS(=O)(=O)c2ccc3c(c2)oc(=O)n3C)cc1. The Hall–Kier alpha value is -2.91. The molecule has 3 aromatic rings. The molecule has 0 aliphatic carbocycles. The molecule has 1 aromatic heterocycles. The largest absolute Gasteiger partial charge is 0.419 e. The van der Waals surface area contributed by atoms with Gasteiger partial charge >= 0.3 is 5.76 Å². The van der Waals surface area contributed by atoms with Crippen molar-refractivity contribution in [3.8, 4) is 0 Å². The smallest absolute Gasteiger partial charge is 0.408 e. The third-order valence-electron chi connectivity index (χ3n) is 4.98. The molecule has 0 fully saturated rings. The summed E-state index contributed by atoms with van der Waals surface area (Å²) < 4.78 is 34.8. The quantitative estimate of drug-likeness (QED) is 0.553. The lowest BCUT2D eigenvalue weighted by atomic mass is 10.0. The van der Waals surface area contributed by atoms with E-state index in [1.54, 1.807) is 0 Å². The molecule has 31 heavy (non-hydrogen) atoms. The molecule has 8 nitrogen and oxygen atoms in total. The number of fused-ring (bicyclic) bond motifs is 1. The number of sulfonamides is 1. The Kier molecular flexibility index (Phi) is 6.66. The van der Waals surface area contributed by atoms with E-state index >= 15 is 0 Å². The van der Waals surface area contributed by atoms with Crippen LogP contribution in [0.25, 0.3) is 11.1 Å². The molecule has 0 aliphatic rings. The van der Waals surface area contributed by atoms with Gasteiger partial charge in [0.25, 0.3) is 0 Å². The van der Waals surface area contributed by atoms with Crippen LogP contribution in [0.15, 0.2) is 56.6 Å². The van der Waals surface area contributed by atoms with E-state index in [4.69, 9.17) is 4.42 Å². The van der Waals surface area contributed by atoms with Crippen molar-refractivity contribution < 1.29 is 17.6 Å². The fourth-order valence-corrected chi connectivity index (χ4v) is 4.46. The van der Waals surface area contributed by atoms with E-state index in [1.165, 1.54) is 29.8 Å². The Morgan fingerprint density at radius 3 is 2.45 bits per heavy atom. The van der Waals surface area contributed by atoms with Crippen molar-refractivity contribution in [2.24, 2.45) is 13.0 Å². The first-order valence-electron chi connectivity index (χ1n) is 10.0. The molecule has 9 heteroatoms. The number of amides is 1. The van der Waals surface area contributed by atoms with Gasteiger partial charge in [-0.1, -0.05) is 43.7 Å². The van der Waals surface area contributed by atoms with Crippen LogP contribution in [-0.2, 0) is 28.4 Å². The summed E-state index contributed by atoms with van der Waals surface area (Å²) in [5.74, 6) is -0.886. The topological polar surface area (TPSA) is 110 Å². The Morgan fingerprint density at radius 2 is 1.81 bits per heavy atom. The van der Waals surface area contributed by atoms with Gasteiger partial charge in [-0.15, -0.1) is 0 Å². The van der Waals surface area contributed by atoms with Crippen LogP contribution in [0.5, 0.6) is 0 Å². The van der Waals surface area contributed by atoms with E-state index in [-0.39, 0.29) is 16.4 Å². The second-order valence-electron chi connectivity index (χ2n) is 8.06. The number of nitrogens with zero attached hydrogens (tertiary/aromatic N) is 1. The molecule has 3 rings (SSSR count). The standard InChI is InChI=1S/C22H27N3O5S/c1-14(2)11-18(21(26)23-13-16-7-5-15(3)6-8-16)24-31(28,29)17-9-10-19-20(12-17)30-22(27)25(19)4/h5-10,12,14,18,24H,11,13H2,1-4H3,(H,23,26)/t18-/m1/s1. The Labute approximate surface area is 181 Å². The minimum Gasteiger partial charge on any atom is -0.408 e. The van der Waals surface area contributed by atoms with E-state index in [1.807, 2.05) is 45.0 Å². The molecule has 2 aromatic carbocycles. The lowest BCUT2D eigenvalue weighted by Crippen LogP contribution is -2.47. The average Bonchev–Trinajstić information content (AvgIpc) is 2.99. The third kappa shape index (κ3) is 5.42. The van der Waals surface area contributed by atoms with Gasteiger partial charge in [-0.25, -0.2) is 13.2 Å². The highest BCUT2D eigenvalue weighted by Crippen LogP contribution is 2.19. The van der Waals surface area contributed by atoms with Crippen LogP contribution in [0.2, 0.25) is 0 Å². The maximum Gasteiger partial charge on any atom is 0.419 e. The van der Waals surface area contributed by atoms with Crippen molar-refractivity contribution in [3.05, 3.63) is 64.1 Å². The van der Waals surface area contributed by atoms with Crippen molar-refractivity contribution in [2.45, 2.75) is 44.7 Å². The number of oxazole rings is 1. The number of carbonyl (C=O) groups excluding carboxylic acids is 1. The van der Waals surface area contributed by atoms with E-state index < -0.39 is 27.7 Å². The second-order valence-corrected chi connectivity index (χ2v) is 9.78. The van der Waals surface area contributed by atoms with Gasteiger partial charge in [0, 0.05) is 19.7 Å². The van der Waals surface area contributed by atoms with Crippen molar-refractivity contribution in [1.82, 2.24) is 14.6 Å². The van der Waals surface area contributed by atoms with Crippen molar-refractivity contribution in [3.63, 3.8) is 0 Å². The molecule has 1 amide bonds. The summed E-state index contributed by atoms with van der Waals surface area (Å²) in [6.07, 6.45) is 0.335. The number of carbonyl (C=O) groups is 1. The van der Waals surface area contributed by atoms with Gasteiger partial charge in [0.1, 0.15) is 6.04 Å². The first-order chi connectivity index (χ1) is 14.6. The summed E-state index contributed by atoms with van der Waals surface area (Å²) in [5, 5.41) is 2.81. The number of benzene rings is 2. The summed E-state index contributed by atoms with van der Waals surface area (Å²) in [5.41, 5.74) is 2.69. The molecular formula is C22H27N3O5S. The summed E-state index contributed by atoms with van der Waals surface area (Å²) in [4.78, 5) is 24.4. The molecule has 0 spiro atoms. The molecule has 0 saturated heterocycles. The zero-order valence-corrected chi connectivity index (χ0v) is 18.8. The van der Waals surface area contributed by atoms with E-state index in [2.05, 4.69) is 10.0 Å². The predicted molar refractivity (Wildman–Crippen MR) is 118 cm³/mol. The first kappa shape index (κ1) is 22.8. The van der Waals surface area contributed by atoms with Gasteiger partial charge in [0.15, 0.2) is 5.58 Å². The highest BCUT2D eigenvalue weighted by molar-refractivity contribution is 7.89. The summed E-state index contributed by atoms with van der Waals surface area (Å²) in [6, 6.07) is 11.0. The van der Waals surface area contributed by atoms with Gasteiger partial charge < -0.3 is 9.73 Å². The minimum atomic E-state index is -4.02. The van der Waals surface area contributed by atoms with Crippen molar-refractivity contribution >= 4 is 27.0 Å². The summed E-state index contributed by atoms with van der Waals surface area (Å²) in [6.45, 7) is 6.11. The normalized spacial score (nSPS) is 12.9. The zero-order chi connectivity index (χ0) is 22.8. The van der Waals surface area contributed by atoms with Gasteiger partial charge in [0.2, 0.25) is 15.9 Å². The molecule has 1 atom stereocenters. The van der Waals surface area contributed by atoms with Crippen LogP contribution in [0.1, 0.15) is 31.4 Å². The second kappa shape index (κ2) is 9.07. The number of hydrogen-bond donors (Lipinski definition) is 2. The molecular weight excluding hydrogens is 418 g/mol. The molecule has 2 N–H and O–H groups in total. The molecule has 166 valence electrons. The molecule has 0 unspecified atom stereocenters. The van der Waals surface area contributed by atoms with Crippen LogP contribution in [0, 0.1) is 12.8 Å². The van der Waals surface area contributed by atoms with Crippen molar-refractivity contribution in [1.29, 1.82) is 0 Å². The summed E-state index contributed by atoms with van der Waals surface area (Å²) >= 11 is 0. The maximum absolute atomic E-state index is 13.0. The predicted octanol–water partition coefficient (Wildman–Crippen LogP) is 2.45. The molecule has 0 bridgehead atoms. The van der Waals surface area contributed by atoms with E-state index in [0.717, 1.165) is 11.1 Å². The highest BCUT2D eigenvalue weighted by atomic mass is 32.2. The fraction of sp³-hybridized carbons (Fsp3) is 0.364. The third-order valence-corrected chi connectivity index (χ3v) is 6.45. The Bertz CT molecular complexity index is 1240. The fourth-order valence-electron chi connectivity index (χ4n) is 3.24. The molecule has 0 aliphatic heterocycles. The number of hydrogen-bond acceptors (Lipinski definition) is 5. The number of rotatable bonds is 8. The van der Waals surface area contributed by atoms with Crippen LogP contribution in [0.3, 0.4) is 0 Å². The van der Waals surface area contributed by atoms with Crippen LogP contribution in [-0.4, -0.2) is 24.9 Å². The zero-order valence-electron chi connectivity index (χ0n) is 18.0. The van der Waals surface area contributed by atoms with Gasteiger partial charge in [-0.3, -0.25) is 9.36 Å². The van der Waals surface area contributed by atoms with Crippen LogP contribution < -0.4 is 15.8 Å². The monoisotopic (exact) mass is 445 g/mol. The van der Waals surface area contributed by atoms with Crippen molar-refractivity contribution in [2.75, 3.05) is 0 Å². The van der Waals surface area contributed by atoms with Gasteiger partial charge in [0.05, 0.1) is 10.4 Å². The van der Waals surface area contributed by atoms with E-state index in [9.17, 15) is 18.0 Å². The number of nitrogens with one attached hydrogen (secondary N) is 2. The number of aryl methyl sites for hydroxylation is 2. The molecule has 0 radical (unpaired) electrons. The van der Waals surface area contributed by atoms with E-state index in [0.29, 0.717) is 18.5 Å². The van der Waals surface area contributed by atoms with Crippen LogP contribution in [0.4, 0.5) is 0 Å². The maximum atomic E-state index is 13.0. The first-order valence-corrected chi connectivity index (χ1v) is 11.5. The Balaban J connectivity index is 1.79. The summed E-state index contributed by atoms with van der Waals surface area (Å²) in [7, 11) is -2.48. The minimum absolute atomic E-state index is 0.0746. The van der Waals surface area contributed by atoms with Gasteiger partial charge in [-0.05, 0) is 37.0 Å². The van der Waals surface area contributed by atoms with Crippen LogP contribution >= 0.6 is 0 Å². The lowest BCUT2D eigenvalue weighted by Gasteiger charge is -2.20.